The Morgan fingerprint density at radius 1 is 0.724 bits per heavy atom. The van der Waals surface area contributed by atoms with E-state index in [0.29, 0.717) is 36.1 Å². The molecule has 4 atom stereocenters. The van der Waals surface area contributed by atoms with Gasteiger partial charge < -0.3 is 37.1 Å². The molecule has 0 saturated carbocycles. The fraction of sp³-hybridized carbons (Fsp3) is 0.826. The molecule has 1 aromatic heterocycles. The molecule has 0 amide bonds. The van der Waals surface area contributed by atoms with Gasteiger partial charge in [0.1, 0.15) is 31.3 Å². The van der Waals surface area contributed by atoms with Gasteiger partial charge in [0.15, 0.2) is 6.10 Å². The number of hydrogen-bond acceptors (Lipinski definition) is 10. The summed E-state index contributed by atoms with van der Waals surface area (Å²) in [5, 5.41) is 0. The zero-order chi connectivity index (χ0) is 42.7. The molecule has 1 aliphatic rings. The van der Waals surface area contributed by atoms with E-state index >= 15 is 0 Å². The van der Waals surface area contributed by atoms with Gasteiger partial charge in [-0.2, -0.15) is 0 Å². The van der Waals surface area contributed by atoms with Crippen LogP contribution in [0.3, 0.4) is 0 Å². The van der Waals surface area contributed by atoms with Crippen LogP contribution < -0.4 is 4.89 Å². The van der Waals surface area contributed by atoms with Crippen LogP contribution in [0.25, 0.3) is 0 Å². The summed E-state index contributed by atoms with van der Waals surface area (Å²) in [6.45, 7) is 8.42. The highest BCUT2D eigenvalue weighted by molar-refractivity contribution is 7.45. The standard InChI is InChI=1S/C46H82NO10P/c1-8-10-12-13-17-24-30-43-44(57-43)31-25-19-16-21-27-33-46(49)55-40(37-54-58(50,51)53-35-34-47(5,6)7)36-52-45(48)32-26-20-15-14-18-23-29-42-39(4)38(3)41(56-42)28-22-11-9-2/h17,24,40,43-44H,8-16,18-23,25-37H2,1-7H3/b24-17-/t40-,43?,44?/m1/s1. The van der Waals surface area contributed by atoms with Gasteiger partial charge in [-0.1, -0.05) is 103 Å². The number of rotatable bonds is 37. The number of phosphoric acid groups is 1. The van der Waals surface area contributed by atoms with Crippen LogP contribution in [0.1, 0.15) is 178 Å². The number of nitrogens with zero attached hydrogens (tertiary/aromatic N) is 1. The number of phosphoric ester groups is 1. The Bertz CT molecular complexity index is 1340. The number of ether oxygens (including phenoxy) is 3. The minimum absolute atomic E-state index is 0.0438. The third kappa shape index (κ3) is 25.6. The minimum Gasteiger partial charge on any atom is -0.756 e. The van der Waals surface area contributed by atoms with Crippen molar-refractivity contribution in [2.75, 3.05) is 47.5 Å². The Labute approximate surface area is 352 Å². The van der Waals surface area contributed by atoms with Gasteiger partial charge in [0.2, 0.25) is 0 Å². The molecule has 1 saturated heterocycles. The van der Waals surface area contributed by atoms with Crippen molar-refractivity contribution in [3.63, 3.8) is 0 Å². The predicted molar refractivity (Wildman–Crippen MR) is 230 cm³/mol. The van der Waals surface area contributed by atoms with Crippen LogP contribution in [0.4, 0.5) is 0 Å². The van der Waals surface area contributed by atoms with Crippen LogP contribution in [-0.4, -0.2) is 82.2 Å². The van der Waals surface area contributed by atoms with Crippen molar-refractivity contribution in [3.8, 4) is 0 Å². The number of quaternary nitrogens is 1. The summed E-state index contributed by atoms with van der Waals surface area (Å²) in [7, 11) is 1.12. The third-order valence-corrected chi connectivity index (χ3v) is 11.9. The summed E-state index contributed by atoms with van der Waals surface area (Å²) < 4.78 is 46.0. The molecule has 336 valence electrons. The SMILES string of the molecule is CCCCC/C=C\CC1OC1CCCCCCCC(=O)O[C@H](COC(=O)CCCCCCCCc1oc(CCCCC)c(C)c1C)COP(=O)([O-])OCC[N+](C)(C)C. The van der Waals surface area contributed by atoms with Crippen LogP contribution in [0.2, 0.25) is 0 Å². The first-order valence-electron chi connectivity index (χ1n) is 22.9. The molecule has 58 heavy (non-hydrogen) atoms. The maximum atomic E-state index is 12.7. The normalized spacial score (nSPS) is 17.1. The summed E-state index contributed by atoms with van der Waals surface area (Å²) >= 11 is 0. The first-order chi connectivity index (χ1) is 27.7. The van der Waals surface area contributed by atoms with Gasteiger partial charge in [-0.05, 0) is 76.3 Å². The molecule has 0 N–H and O–H groups in total. The molecule has 1 fully saturated rings. The van der Waals surface area contributed by atoms with Gasteiger partial charge in [0, 0.05) is 25.7 Å². The van der Waals surface area contributed by atoms with Gasteiger partial charge >= 0.3 is 11.9 Å². The van der Waals surface area contributed by atoms with Gasteiger partial charge in [0.25, 0.3) is 7.82 Å². The lowest BCUT2D eigenvalue weighted by molar-refractivity contribution is -0.870. The Balaban J connectivity index is 1.65. The van der Waals surface area contributed by atoms with Crippen LogP contribution in [0, 0.1) is 13.8 Å². The molecule has 0 aliphatic carbocycles. The van der Waals surface area contributed by atoms with E-state index in [2.05, 4.69) is 39.8 Å². The van der Waals surface area contributed by atoms with Crippen molar-refractivity contribution < 1.29 is 51.2 Å². The molecule has 0 aromatic carbocycles. The maximum absolute atomic E-state index is 12.7. The smallest absolute Gasteiger partial charge is 0.306 e. The van der Waals surface area contributed by atoms with Crippen molar-refractivity contribution in [2.24, 2.45) is 0 Å². The molecular weight excluding hydrogens is 757 g/mol. The molecule has 0 radical (unpaired) electrons. The monoisotopic (exact) mass is 840 g/mol. The molecule has 2 heterocycles. The molecular formula is C46H82NO10P. The first kappa shape index (κ1) is 52.1. The fourth-order valence-electron chi connectivity index (χ4n) is 6.90. The molecule has 12 heteroatoms. The Morgan fingerprint density at radius 2 is 1.29 bits per heavy atom. The van der Waals surface area contributed by atoms with Crippen molar-refractivity contribution >= 4 is 19.8 Å². The minimum atomic E-state index is -4.65. The Hall–Kier alpha value is -2.01. The van der Waals surface area contributed by atoms with Crippen LogP contribution in [0.5, 0.6) is 0 Å². The number of carbonyl (C=O) groups is 2. The third-order valence-electron chi connectivity index (χ3n) is 10.9. The Morgan fingerprint density at radius 3 is 1.93 bits per heavy atom. The van der Waals surface area contributed by atoms with Crippen LogP contribution in [0.15, 0.2) is 16.6 Å². The molecule has 1 aliphatic heterocycles. The number of hydrogen-bond donors (Lipinski definition) is 0. The van der Waals surface area contributed by atoms with Crippen molar-refractivity contribution in [1.82, 2.24) is 0 Å². The number of epoxide rings is 1. The second-order valence-corrected chi connectivity index (χ2v) is 18.8. The number of allylic oxidation sites excluding steroid dienone is 1. The topological polar surface area (TPSA) is 137 Å². The van der Waals surface area contributed by atoms with Crippen LogP contribution in [-0.2, 0) is 50.3 Å². The summed E-state index contributed by atoms with van der Waals surface area (Å²) in [4.78, 5) is 37.8. The molecule has 2 rings (SSSR count). The zero-order valence-corrected chi connectivity index (χ0v) is 38.6. The largest absolute Gasteiger partial charge is 0.756 e. The number of aryl methyl sites for hydroxylation is 2. The maximum Gasteiger partial charge on any atom is 0.306 e. The van der Waals surface area contributed by atoms with Gasteiger partial charge in [-0.25, -0.2) is 0 Å². The van der Waals surface area contributed by atoms with E-state index in [1.165, 1.54) is 49.7 Å². The van der Waals surface area contributed by atoms with Gasteiger partial charge in [0.05, 0.1) is 40.0 Å². The molecule has 1 aromatic rings. The highest BCUT2D eigenvalue weighted by Crippen LogP contribution is 2.38. The van der Waals surface area contributed by atoms with E-state index in [4.69, 9.17) is 27.7 Å². The molecule has 3 unspecified atom stereocenters. The highest BCUT2D eigenvalue weighted by Gasteiger charge is 2.36. The van der Waals surface area contributed by atoms with E-state index in [1.807, 2.05) is 21.1 Å². The highest BCUT2D eigenvalue weighted by atomic mass is 31.2. The average molecular weight is 840 g/mol. The number of carbonyl (C=O) groups excluding carboxylic acids is 2. The van der Waals surface area contributed by atoms with E-state index in [9.17, 15) is 19.0 Å². The summed E-state index contributed by atoms with van der Waals surface area (Å²) in [6, 6.07) is 0. The number of likely N-dealkylation sites (N-methyl/N-ethyl adjacent to an activating group) is 1. The molecule has 11 nitrogen and oxygen atoms in total. The van der Waals surface area contributed by atoms with E-state index in [0.717, 1.165) is 101 Å². The van der Waals surface area contributed by atoms with E-state index in [-0.39, 0.29) is 26.1 Å². The average Bonchev–Trinajstić information content (AvgIpc) is 3.87. The quantitative estimate of drug-likeness (QED) is 0.0159. The Kier molecular flexibility index (Phi) is 27.0. The van der Waals surface area contributed by atoms with Crippen molar-refractivity contribution in [1.29, 1.82) is 0 Å². The predicted octanol–water partition coefficient (Wildman–Crippen LogP) is 10.6. The summed E-state index contributed by atoms with van der Waals surface area (Å²) in [6.07, 6.45) is 28.0. The van der Waals surface area contributed by atoms with E-state index in [1.54, 1.807) is 0 Å². The second kappa shape index (κ2) is 30.1. The lowest BCUT2D eigenvalue weighted by Crippen LogP contribution is -2.37. The first-order valence-corrected chi connectivity index (χ1v) is 24.3. The fourth-order valence-corrected chi connectivity index (χ4v) is 7.63. The molecule has 0 bridgehead atoms. The van der Waals surface area contributed by atoms with Gasteiger partial charge in [-0.3, -0.25) is 14.2 Å². The van der Waals surface area contributed by atoms with Crippen molar-refractivity contribution in [3.05, 3.63) is 34.8 Å². The second-order valence-electron chi connectivity index (χ2n) is 17.4. The number of unbranched alkanes of at least 4 members (excludes halogenated alkanes) is 14. The van der Waals surface area contributed by atoms with Gasteiger partial charge in [-0.15, -0.1) is 0 Å². The summed E-state index contributed by atoms with van der Waals surface area (Å²) in [5.74, 6) is 1.39. The van der Waals surface area contributed by atoms with E-state index < -0.39 is 32.5 Å². The van der Waals surface area contributed by atoms with Crippen molar-refractivity contribution in [2.45, 2.75) is 200 Å². The molecule has 0 spiro atoms. The summed E-state index contributed by atoms with van der Waals surface area (Å²) in [5.41, 5.74) is 2.60. The van der Waals surface area contributed by atoms with Crippen LogP contribution >= 0.6 is 7.82 Å². The zero-order valence-electron chi connectivity index (χ0n) is 37.7. The number of esters is 2. The number of furan rings is 1. The lowest BCUT2D eigenvalue weighted by Gasteiger charge is -2.28. The lowest BCUT2D eigenvalue weighted by atomic mass is 10.0.